The highest BCUT2D eigenvalue weighted by atomic mass is 16.6. The zero-order chi connectivity index (χ0) is 44.7. The zero-order valence-corrected chi connectivity index (χ0v) is 35.9. The first-order valence-corrected chi connectivity index (χ1v) is 20.3. The summed E-state index contributed by atoms with van der Waals surface area (Å²) >= 11 is 0. The molecule has 18 heteroatoms. The lowest BCUT2D eigenvalue weighted by atomic mass is 9.86. The predicted octanol–water partition coefficient (Wildman–Crippen LogP) is 5.76. The number of benzene rings is 1. The van der Waals surface area contributed by atoms with Gasteiger partial charge in [0.1, 0.15) is 44.4 Å². The maximum atomic E-state index is 12.9. The molecule has 1 aliphatic rings. The van der Waals surface area contributed by atoms with Crippen molar-refractivity contribution in [2.75, 3.05) is 52.6 Å². The molecule has 336 valence electrons. The number of alkyl carbamates (subject to hydrolysis) is 3. The van der Waals surface area contributed by atoms with E-state index in [9.17, 15) is 33.9 Å². The molecular formula is C42H64N4O14. The van der Waals surface area contributed by atoms with Gasteiger partial charge in [0, 0.05) is 42.9 Å². The average molecular weight is 849 g/mol. The number of esters is 2. The molecule has 1 heterocycles. The zero-order valence-electron chi connectivity index (χ0n) is 35.9. The Labute approximate surface area is 352 Å². The van der Waals surface area contributed by atoms with Crippen LogP contribution in [0.25, 0.3) is 0 Å². The number of ether oxygens (including phenoxy) is 7. The fourth-order valence-corrected chi connectivity index (χ4v) is 5.76. The van der Waals surface area contributed by atoms with Crippen molar-refractivity contribution >= 4 is 36.3 Å². The largest absolute Gasteiger partial charge is 0.490 e. The first-order valence-electron chi connectivity index (χ1n) is 20.3. The van der Waals surface area contributed by atoms with Crippen LogP contribution in [0.4, 0.5) is 19.2 Å². The lowest BCUT2D eigenvalue weighted by Crippen LogP contribution is -2.53. The van der Waals surface area contributed by atoms with E-state index in [0.717, 1.165) is 38.5 Å². The fourth-order valence-electron chi connectivity index (χ4n) is 5.76. The van der Waals surface area contributed by atoms with E-state index >= 15 is 0 Å². The molecule has 0 spiro atoms. The van der Waals surface area contributed by atoms with Gasteiger partial charge in [0.2, 0.25) is 5.72 Å². The molecule has 2 rings (SSSR count). The number of nitrogens with zero attached hydrogens (tertiary/aromatic N) is 1. The third-order valence-electron chi connectivity index (χ3n) is 9.07. The molecule has 1 aromatic rings. The van der Waals surface area contributed by atoms with Crippen molar-refractivity contribution < 1.29 is 67.0 Å². The van der Waals surface area contributed by atoms with Gasteiger partial charge in [-0.15, -0.1) is 0 Å². The topological polar surface area (TPSA) is 227 Å². The van der Waals surface area contributed by atoms with Crippen molar-refractivity contribution in [3.8, 4) is 5.75 Å². The number of unbranched alkanes of at least 4 members (excludes halogenated alkanes) is 6. The number of nitrogens with one attached hydrogen (secondary N) is 3. The molecule has 1 saturated heterocycles. The van der Waals surface area contributed by atoms with Crippen molar-refractivity contribution in [3.05, 3.63) is 54.1 Å². The molecule has 1 fully saturated rings. The molecule has 4 N–H and O–H groups in total. The Balaban J connectivity index is 1.62. The van der Waals surface area contributed by atoms with Crippen LogP contribution in [0.1, 0.15) is 98.5 Å². The molecule has 3 unspecified atom stereocenters. The number of cyclic esters (lactones) is 1. The number of carbonyl (C=O) groups is 6. The summed E-state index contributed by atoms with van der Waals surface area (Å²) in [5, 5.41) is 19.9. The van der Waals surface area contributed by atoms with Gasteiger partial charge >= 0.3 is 36.3 Å². The van der Waals surface area contributed by atoms with E-state index in [1.165, 1.54) is 18.7 Å². The van der Waals surface area contributed by atoms with Gasteiger partial charge in [-0.05, 0) is 79.4 Å². The Kier molecular flexibility index (Phi) is 21.8. The first kappa shape index (κ1) is 50.6. The second kappa shape index (κ2) is 25.9. The molecule has 0 radical (unpaired) electrons. The molecule has 1 aromatic carbocycles. The van der Waals surface area contributed by atoms with E-state index in [1.54, 1.807) is 52.0 Å². The van der Waals surface area contributed by atoms with E-state index in [0.29, 0.717) is 43.8 Å². The number of rotatable bonds is 27. The van der Waals surface area contributed by atoms with Crippen molar-refractivity contribution in [2.45, 2.75) is 116 Å². The Hall–Kier alpha value is -5.52. The third-order valence-corrected chi connectivity index (χ3v) is 9.07. The van der Waals surface area contributed by atoms with Crippen LogP contribution in [0, 0.1) is 0 Å². The van der Waals surface area contributed by atoms with Crippen LogP contribution < -0.4 is 20.7 Å². The van der Waals surface area contributed by atoms with Crippen molar-refractivity contribution in [3.63, 3.8) is 0 Å². The predicted molar refractivity (Wildman–Crippen MR) is 219 cm³/mol. The highest BCUT2D eigenvalue weighted by molar-refractivity contribution is 5.87. The molecule has 4 amide bonds. The average Bonchev–Trinajstić information content (AvgIpc) is 3.36. The Morgan fingerprint density at radius 1 is 0.700 bits per heavy atom. The van der Waals surface area contributed by atoms with Crippen LogP contribution >= 0.6 is 0 Å². The molecule has 0 aromatic heterocycles. The number of hydrogen-bond acceptors (Lipinski definition) is 14. The summed E-state index contributed by atoms with van der Waals surface area (Å²) in [6.07, 6.45) is 2.18. The number of hydrogen-bond donors (Lipinski definition) is 4. The summed E-state index contributed by atoms with van der Waals surface area (Å²) in [4.78, 5) is 73.1. The maximum Gasteiger partial charge on any atom is 0.413 e. The van der Waals surface area contributed by atoms with Gasteiger partial charge in [-0.2, -0.15) is 0 Å². The van der Waals surface area contributed by atoms with Crippen LogP contribution in [0.2, 0.25) is 0 Å². The highest BCUT2D eigenvalue weighted by Crippen LogP contribution is 2.45. The fraction of sp³-hybridized carbons (Fsp3) is 0.619. The Morgan fingerprint density at radius 3 is 1.62 bits per heavy atom. The summed E-state index contributed by atoms with van der Waals surface area (Å²) in [6.45, 7) is 18.0. The van der Waals surface area contributed by atoms with Gasteiger partial charge < -0.3 is 54.2 Å². The van der Waals surface area contributed by atoms with Gasteiger partial charge in [0.15, 0.2) is 5.60 Å². The first-order chi connectivity index (χ1) is 28.4. The Morgan fingerprint density at radius 2 is 1.15 bits per heavy atom. The van der Waals surface area contributed by atoms with Crippen molar-refractivity contribution in [1.82, 2.24) is 20.9 Å². The molecule has 3 atom stereocenters. The molecule has 0 saturated carbocycles. The van der Waals surface area contributed by atoms with Crippen LogP contribution in [-0.2, 0) is 43.7 Å². The number of aliphatic hydroxyl groups is 1. The summed E-state index contributed by atoms with van der Waals surface area (Å²) in [5.74, 6) is -0.621. The summed E-state index contributed by atoms with van der Waals surface area (Å²) in [5.41, 5.74) is -2.04. The van der Waals surface area contributed by atoms with Crippen molar-refractivity contribution in [2.24, 2.45) is 0 Å². The van der Waals surface area contributed by atoms with Crippen LogP contribution in [0.3, 0.4) is 0 Å². The second-order valence-electron chi connectivity index (χ2n) is 15.0. The summed E-state index contributed by atoms with van der Waals surface area (Å²) < 4.78 is 36.7. The van der Waals surface area contributed by atoms with E-state index in [2.05, 4.69) is 29.1 Å². The van der Waals surface area contributed by atoms with Gasteiger partial charge in [0.05, 0.1) is 0 Å². The van der Waals surface area contributed by atoms with E-state index < -0.39 is 59.8 Å². The number of carbonyl (C=O) groups excluding carboxylic acids is 6. The molecule has 0 bridgehead atoms. The lowest BCUT2D eigenvalue weighted by Gasteiger charge is -2.38. The molecule has 18 nitrogen and oxygen atoms in total. The minimum absolute atomic E-state index is 0.00548. The molecule has 0 aliphatic carbocycles. The van der Waals surface area contributed by atoms with E-state index in [1.807, 2.05) is 0 Å². The van der Waals surface area contributed by atoms with E-state index in [-0.39, 0.29) is 44.1 Å². The molecular weight excluding hydrogens is 784 g/mol. The molecule has 60 heavy (non-hydrogen) atoms. The molecule has 1 aliphatic heterocycles. The van der Waals surface area contributed by atoms with Crippen LogP contribution in [0.5, 0.6) is 5.75 Å². The van der Waals surface area contributed by atoms with E-state index in [4.69, 9.17) is 33.2 Å². The van der Waals surface area contributed by atoms with Gasteiger partial charge in [-0.25, -0.2) is 28.8 Å². The monoisotopic (exact) mass is 848 g/mol. The highest BCUT2D eigenvalue weighted by Gasteiger charge is 2.60. The SMILES string of the molecule is C=C(C)C(=O)OCC(C)OC(=O)NCCCCCCNC(=O)OCCOc1ccc(C2(O)N(CCCCCCNC(=O)OC(C)COC(=O)C(=C)C)C(=O)OC2(C)C)cc1. The summed E-state index contributed by atoms with van der Waals surface area (Å²) in [7, 11) is 0. The lowest BCUT2D eigenvalue weighted by molar-refractivity contribution is -0.149. The standard InChI is InChI=1S/C42H64N4O14/c1-29(2)35(47)56-27-31(5)58-38(50)44-22-14-10-9-13-21-43-37(49)55-26-25-54-34-19-17-33(18-20-34)42(53)41(7,8)60-40(52)46(42)24-16-12-11-15-23-45-39(51)59-32(6)28-57-36(48)30(3)4/h17-20,31-32,53H,1,3,9-16,21-28H2,2,4-8H3,(H,43,49)(H,44,50)(H,45,51). The van der Waals surface area contributed by atoms with Crippen LogP contribution in [-0.4, -0.2) is 117 Å². The normalized spacial score (nSPS) is 16.3. The van der Waals surface area contributed by atoms with Crippen LogP contribution in [0.15, 0.2) is 48.6 Å². The number of amides is 4. The second-order valence-corrected chi connectivity index (χ2v) is 15.0. The Bertz CT molecular complexity index is 1600. The summed E-state index contributed by atoms with van der Waals surface area (Å²) in [6, 6.07) is 6.62. The maximum absolute atomic E-state index is 12.9. The van der Waals surface area contributed by atoms with Gasteiger partial charge in [0.25, 0.3) is 0 Å². The van der Waals surface area contributed by atoms with Crippen molar-refractivity contribution in [1.29, 1.82) is 0 Å². The third kappa shape index (κ3) is 17.8. The quantitative estimate of drug-likeness (QED) is 0.0358. The van der Waals surface area contributed by atoms with Gasteiger partial charge in [-0.3, -0.25) is 4.90 Å². The minimum Gasteiger partial charge on any atom is -0.490 e. The minimum atomic E-state index is -1.75. The van der Waals surface area contributed by atoms with Gasteiger partial charge in [-0.1, -0.05) is 51.0 Å². The smallest absolute Gasteiger partial charge is 0.413 e.